The average Bonchev–Trinajstić information content (AvgIpc) is 3.01. The third kappa shape index (κ3) is 3.24. The minimum absolute atomic E-state index is 0.0578. The highest BCUT2D eigenvalue weighted by Gasteiger charge is 2.29. The van der Waals surface area contributed by atoms with E-state index in [0.717, 1.165) is 23.0 Å². The summed E-state index contributed by atoms with van der Waals surface area (Å²) < 4.78 is 1.11. The van der Waals surface area contributed by atoms with Gasteiger partial charge in [0.15, 0.2) is 0 Å². The maximum atomic E-state index is 12.4. The highest BCUT2D eigenvalue weighted by atomic mass is 79.9. The number of hydrogen-bond acceptors (Lipinski definition) is 2. The molecule has 3 aliphatic rings. The number of halogens is 1. The van der Waals surface area contributed by atoms with E-state index in [1.165, 1.54) is 32.7 Å². The number of hydrogen-bond donors (Lipinski definition) is 1. The summed E-state index contributed by atoms with van der Waals surface area (Å²) >= 11 is 3.59. The van der Waals surface area contributed by atoms with E-state index >= 15 is 0 Å². The molecule has 144 valence electrons. The summed E-state index contributed by atoms with van der Waals surface area (Å²) in [4.78, 5) is 12.4. The van der Waals surface area contributed by atoms with Crippen LogP contribution in [0.5, 0.6) is 0 Å². The second-order valence-electron chi connectivity index (χ2n) is 7.92. The van der Waals surface area contributed by atoms with E-state index in [9.17, 15) is 4.79 Å². The van der Waals surface area contributed by atoms with Crippen LogP contribution in [0.4, 0.5) is 0 Å². The Balaban J connectivity index is 1.73. The first-order valence-electron chi connectivity index (χ1n) is 10.1. The highest BCUT2D eigenvalue weighted by Crippen LogP contribution is 2.34. The number of Topliss-reactive ketones (excluding diaryl/α,β-unsaturated/α-hetero) is 1. The van der Waals surface area contributed by atoms with Crippen molar-refractivity contribution in [1.82, 2.24) is 5.32 Å². The number of carbonyl (C=O) groups excluding carboxylic acids is 1. The zero-order valence-electron chi connectivity index (χ0n) is 16.3. The van der Waals surface area contributed by atoms with Crippen molar-refractivity contribution < 1.29 is 4.79 Å². The van der Waals surface area contributed by atoms with E-state index in [1.54, 1.807) is 6.92 Å². The molecule has 0 spiro atoms. The van der Waals surface area contributed by atoms with Crippen LogP contribution in [0.2, 0.25) is 0 Å². The lowest BCUT2D eigenvalue weighted by molar-refractivity contribution is -0.119. The Bertz CT molecular complexity index is 1230. The van der Waals surface area contributed by atoms with Crippen molar-refractivity contribution >= 4 is 33.9 Å². The normalized spacial score (nSPS) is 21.4. The third-order valence-corrected chi connectivity index (χ3v) is 6.67. The molecule has 0 radical (unpaired) electrons. The lowest BCUT2D eigenvalue weighted by Crippen LogP contribution is -2.39. The minimum Gasteiger partial charge on any atom is -0.364 e. The fourth-order valence-electron chi connectivity index (χ4n) is 4.72. The Morgan fingerprint density at radius 2 is 1.93 bits per heavy atom. The number of fused-ring (bicyclic) bond motifs is 5. The molecule has 0 saturated heterocycles. The van der Waals surface area contributed by atoms with Crippen LogP contribution in [0.15, 0.2) is 71.0 Å². The molecule has 0 aromatic heterocycles. The summed E-state index contributed by atoms with van der Waals surface area (Å²) in [5.41, 5.74) is 6.35. The van der Waals surface area contributed by atoms with Crippen molar-refractivity contribution in [3.63, 3.8) is 0 Å². The van der Waals surface area contributed by atoms with E-state index in [0.29, 0.717) is 0 Å². The van der Waals surface area contributed by atoms with Gasteiger partial charge in [0.2, 0.25) is 0 Å². The molecule has 0 fully saturated rings. The van der Waals surface area contributed by atoms with E-state index in [1.807, 2.05) is 18.4 Å². The molecule has 3 heteroatoms. The fraction of sp³-hybridized carbons (Fsp3) is 0.192. The topological polar surface area (TPSA) is 29.1 Å². The number of ketones is 1. The summed E-state index contributed by atoms with van der Waals surface area (Å²) in [5, 5.41) is 5.93. The van der Waals surface area contributed by atoms with Crippen LogP contribution in [0.3, 0.4) is 0 Å². The molecule has 5 rings (SSSR count). The predicted molar refractivity (Wildman–Crippen MR) is 122 cm³/mol. The maximum absolute atomic E-state index is 12.4. The third-order valence-electron chi connectivity index (χ3n) is 6.18. The van der Waals surface area contributed by atoms with E-state index in [-0.39, 0.29) is 17.6 Å². The number of rotatable bonds is 2. The molecular weight excluding hydrogens is 422 g/mol. The molecule has 0 saturated carbocycles. The van der Waals surface area contributed by atoms with Crippen LogP contribution in [0.25, 0.3) is 23.3 Å². The molecule has 0 bridgehead atoms. The molecule has 1 N–H and O–H groups in total. The number of allylic oxidation sites excluding steroid dienone is 5. The lowest BCUT2D eigenvalue weighted by atomic mass is 9.76. The second-order valence-corrected chi connectivity index (χ2v) is 8.84. The second kappa shape index (κ2) is 7.31. The van der Waals surface area contributed by atoms with Crippen molar-refractivity contribution in [2.45, 2.75) is 25.7 Å². The largest absolute Gasteiger partial charge is 0.364 e. The quantitative estimate of drug-likeness (QED) is 0.740. The average molecular weight is 444 g/mol. The van der Waals surface area contributed by atoms with E-state index < -0.39 is 0 Å². The lowest BCUT2D eigenvalue weighted by Gasteiger charge is -2.29. The van der Waals surface area contributed by atoms with Gasteiger partial charge in [0.05, 0.1) is 0 Å². The first-order valence-corrected chi connectivity index (χ1v) is 10.9. The van der Waals surface area contributed by atoms with Crippen molar-refractivity contribution in [1.29, 1.82) is 0 Å². The van der Waals surface area contributed by atoms with Crippen LogP contribution < -0.4 is 15.8 Å². The summed E-state index contributed by atoms with van der Waals surface area (Å²) in [7, 11) is 0. The molecule has 1 heterocycles. The number of benzene rings is 2. The molecule has 2 aromatic carbocycles. The smallest absolute Gasteiger partial charge is 0.136 e. The Morgan fingerprint density at radius 1 is 1.07 bits per heavy atom. The Kier molecular flexibility index (Phi) is 4.63. The Hall–Kier alpha value is -2.65. The van der Waals surface area contributed by atoms with Gasteiger partial charge in [-0.2, -0.15) is 0 Å². The minimum atomic E-state index is -0.0578. The zero-order chi connectivity index (χ0) is 20.0. The summed E-state index contributed by atoms with van der Waals surface area (Å²) in [6.45, 7) is 1.71. The van der Waals surface area contributed by atoms with Gasteiger partial charge in [-0.05, 0) is 76.7 Å². The van der Waals surface area contributed by atoms with Crippen LogP contribution in [-0.4, -0.2) is 5.78 Å². The van der Waals surface area contributed by atoms with Crippen LogP contribution >= 0.6 is 15.9 Å². The van der Waals surface area contributed by atoms with Crippen molar-refractivity contribution in [3.05, 3.63) is 92.6 Å². The molecule has 1 aliphatic heterocycles. The van der Waals surface area contributed by atoms with Gasteiger partial charge in [0, 0.05) is 28.2 Å². The van der Waals surface area contributed by atoms with Gasteiger partial charge in [-0.15, -0.1) is 0 Å². The van der Waals surface area contributed by atoms with Gasteiger partial charge in [-0.1, -0.05) is 58.4 Å². The van der Waals surface area contributed by atoms with Gasteiger partial charge >= 0.3 is 0 Å². The van der Waals surface area contributed by atoms with Crippen LogP contribution in [-0.2, 0) is 11.2 Å². The van der Waals surface area contributed by atoms with Gasteiger partial charge in [-0.25, -0.2) is 0 Å². The Labute approximate surface area is 179 Å². The van der Waals surface area contributed by atoms with Gasteiger partial charge in [0.1, 0.15) is 5.78 Å². The molecule has 2 aliphatic carbocycles. The molecule has 2 nitrogen and oxygen atoms in total. The van der Waals surface area contributed by atoms with E-state index in [4.69, 9.17) is 0 Å². The summed E-state index contributed by atoms with van der Waals surface area (Å²) in [6.07, 6.45) is 16.4. The van der Waals surface area contributed by atoms with Gasteiger partial charge in [0.25, 0.3) is 0 Å². The summed E-state index contributed by atoms with van der Waals surface area (Å²) in [6, 6.07) is 11.0. The standard InChI is InChI=1S/C26H22BrNO/c1-16(29)18-14-24-22-8-6-17-13-19(27)7-9-20(17)21(22)10-11-23(24)25(15-18)26-5-3-2-4-12-28-26/h2-5,7-14,18,25,28H,6,15H2,1H3. The molecule has 29 heavy (non-hydrogen) atoms. The molecule has 2 unspecified atom stereocenters. The molecule has 2 aromatic rings. The van der Waals surface area contributed by atoms with Gasteiger partial charge < -0.3 is 5.32 Å². The zero-order valence-corrected chi connectivity index (χ0v) is 17.9. The highest BCUT2D eigenvalue weighted by molar-refractivity contribution is 9.10. The van der Waals surface area contributed by atoms with Crippen molar-refractivity contribution in [3.8, 4) is 11.1 Å². The predicted octanol–water partition coefficient (Wildman–Crippen LogP) is 4.48. The SMILES string of the molecule is CC(=O)C1C=c2c(ccc3c2=CCc2cc(Br)ccc2-3)C(C2=CC=CC=CN2)C1. The number of carbonyl (C=O) groups is 1. The molecular formula is C26H22BrNO. The van der Waals surface area contributed by atoms with Crippen LogP contribution in [0.1, 0.15) is 30.4 Å². The molecule has 0 amide bonds. The summed E-state index contributed by atoms with van der Waals surface area (Å²) in [5.74, 6) is 0.359. The molecule has 2 atom stereocenters. The van der Waals surface area contributed by atoms with Crippen molar-refractivity contribution in [2.24, 2.45) is 5.92 Å². The van der Waals surface area contributed by atoms with E-state index in [2.05, 4.69) is 75.9 Å². The Morgan fingerprint density at radius 3 is 2.79 bits per heavy atom. The van der Waals surface area contributed by atoms with Crippen molar-refractivity contribution in [2.75, 3.05) is 0 Å². The maximum Gasteiger partial charge on any atom is 0.136 e. The first-order chi connectivity index (χ1) is 14.1. The number of nitrogens with one attached hydrogen (secondary N) is 1. The monoisotopic (exact) mass is 443 g/mol. The first kappa shape index (κ1) is 18.4. The van der Waals surface area contributed by atoms with Crippen LogP contribution in [0, 0.1) is 5.92 Å². The van der Waals surface area contributed by atoms with Gasteiger partial charge in [-0.3, -0.25) is 4.79 Å². The fourth-order valence-corrected chi connectivity index (χ4v) is 5.13.